The summed E-state index contributed by atoms with van der Waals surface area (Å²) in [5.74, 6) is -0.894. The molecular weight excluding hydrogens is 629 g/mol. The smallest absolute Gasteiger partial charge is 0.264 e. The molecule has 1 unspecified atom stereocenters. The number of halogens is 2. The van der Waals surface area contributed by atoms with E-state index in [1.807, 2.05) is 37.3 Å². The largest absolute Gasteiger partial charge is 0.354 e. The van der Waals surface area contributed by atoms with Crippen LogP contribution in [0.1, 0.15) is 36.5 Å². The van der Waals surface area contributed by atoms with Crippen molar-refractivity contribution in [3.05, 3.63) is 130 Å². The van der Waals surface area contributed by atoms with Gasteiger partial charge in [0.25, 0.3) is 10.0 Å². The second-order valence-corrected chi connectivity index (χ2v) is 13.4. The molecule has 0 saturated carbocycles. The number of nitrogens with one attached hydrogen (secondary N) is 1. The Morgan fingerprint density at radius 3 is 2.16 bits per heavy atom. The lowest BCUT2D eigenvalue weighted by Crippen LogP contribution is -2.53. The lowest BCUT2D eigenvalue weighted by atomic mass is 10.0. The molecule has 4 rings (SSSR count). The Labute approximate surface area is 275 Å². The van der Waals surface area contributed by atoms with E-state index in [-0.39, 0.29) is 23.8 Å². The first-order valence-corrected chi connectivity index (χ1v) is 17.0. The SMILES string of the molecule is CCCCNC(=O)C(Cc1ccccc1)N(Cc1ccc(Cl)cc1Cl)C(=O)CN(c1ccccc1C)S(=O)(=O)c1ccccc1. The fraction of sp³-hybridized carbons (Fsp3) is 0.257. The second-order valence-electron chi connectivity index (χ2n) is 10.7. The molecule has 1 atom stereocenters. The lowest BCUT2D eigenvalue weighted by Gasteiger charge is -2.34. The van der Waals surface area contributed by atoms with Crippen LogP contribution < -0.4 is 9.62 Å². The molecule has 0 bridgehead atoms. The molecule has 0 aliphatic heterocycles. The zero-order valence-electron chi connectivity index (χ0n) is 25.3. The number of anilines is 1. The van der Waals surface area contributed by atoms with Crippen LogP contribution in [0, 0.1) is 6.92 Å². The summed E-state index contributed by atoms with van der Waals surface area (Å²) in [5.41, 5.74) is 2.46. The number of carbonyl (C=O) groups is 2. The molecule has 0 aliphatic rings. The number of unbranched alkanes of at least 4 members (excludes halogenated alkanes) is 1. The summed E-state index contributed by atoms with van der Waals surface area (Å²) >= 11 is 12.7. The third-order valence-electron chi connectivity index (χ3n) is 7.45. The maximum absolute atomic E-state index is 14.5. The molecule has 0 aromatic heterocycles. The minimum atomic E-state index is -4.17. The van der Waals surface area contributed by atoms with Crippen LogP contribution >= 0.6 is 23.2 Å². The van der Waals surface area contributed by atoms with E-state index in [1.165, 1.54) is 17.0 Å². The van der Waals surface area contributed by atoms with Crippen molar-refractivity contribution in [2.24, 2.45) is 0 Å². The van der Waals surface area contributed by atoms with Gasteiger partial charge in [0.05, 0.1) is 10.6 Å². The number of amides is 2. The maximum Gasteiger partial charge on any atom is 0.264 e. The molecule has 45 heavy (non-hydrogen) atoms. The highest BCUT2D eigenvalue weighted by Gasteiger charge is 2.35. The van der Waals surface area contributed by atoms with Gasteiger partial charge in [-0.25, -0.2) is 8.42 Å². The molecule has 0 saturated heterocycles. The molecule has 7 nitrogen and oxygen atoms in total. The first-order chi connectivity index (χ1) is 21.6. The minimum absolute atomic E-state index is 0.0411. The predicted molar refractivity (Wildman–Crippen MR) is 181 cm³/mol. The van der Waals surface area contributed by atoms with Gasteiger partial charge in [0, 0.05) is 29.6 Å². The van der Waals surface area contributed by atoms with Gasteiger partial charge >= 0.3 is 0 Å². The number of aryl methyl sites for hydroxylation is 1. The summed E-state index contributed by atoms with van der Waals surface area (Å²) < 4.78 is 29.3. The van der Waals surface area contributed by atoms with Crippen molar-refractivity contribution >= 4 is 50.7 Å². The van der Waals surface area contributed by atoms with Crippen LogP contribution in [0.2, 0.25) is 10.0 Å². The molecule has 0 spiro atoms. The Morgan fingerprint density at radius 1 is 0.867 bits per heavy atom. The summed E-state index contributed by atoms with van der Waals surface area (Å²) in [6.45, 7) is 3.68. The Bertz CT molecular complexity index is 1700. The average molecular weight is 667 g/mol. The Kier molecular flexibility index (Phi) is 12.0. The van der Waals surface area contributed by atoms with E-state index in [0.717, 1.165) is 22.7 Å². The first-order valence-electron chi connectivity index (χ1n) is 14.8. The van der Waals surface area contributed by atoms with E-state index >= 15 is 0 Å². The molecule has 2 amide bonds. The lowest BCUT2D eigenvalue weighted by molar-refractivity contribution is -0.140. The van der Waals surface area contributed by atoms with Crippen LogP contribution in [-0.2, 0) is 32.6 Å². The van der Waals surface area contributed by atoms with Crippen molar-refractivity contribution in [3.8, 4) is 0 Å². The van der Waals surface area contributed by atoms with Gasteiger partial charge in [0.2, 0.25) is 11.8 Å². The quantitative estimate of drug-likeness (QED) is 0.146. The highest BCUT2D eigenvalue weighted by molar-refractivity contribution is 7.92. The topological polar surface area (TPSA) is 86.8 Å². The highest BCUT2D eigenvalue weighted by atomic mass is 35.5. The Balaban J connectivity index is 1.81. The van der Waals surface area contributed by atoms with Gasteiger partial charge < -0.3 is 10.2 Å². The normalized spacial score (nSPS) is 11.9. The van der Waals surface area contributed by atoms with Crippen LogP contribution in [0.15, 0.2) is 108 Å². The van der Waals surface area contributed by atoms with Crippen LogP contribution in [0.3, 0.4) is 0 Å². The number of hydrogen-bond acceptors (Lipinski definition) is 4. The summed E-state index contributed by atoms with van der Waals surface area (Å²) in [5, 5.41) is 3.74. The van der Waals surface area contributed by atoms with Crippen LogP contribution in [-0.4, -0.2) is 44.3 Å². The highest BCUT2D eigenvalue weighted by Crippen LogP contribution is 2.29. The molecule has 0 radical (unpaired) electrons. The monoisotopic (exact) mass is 665 g/mol. The van der Waals surface area contributed by atoms with Crippen LogP contribution in [0.5, 0.6) is 0 Å². The van der Waals surface area contributed by atoms with Crippen molar-refractivity contribution in [3.63, 3.8) is 0 Å². The van der Waals surface area contributed by atoms with Gasteiger partial charge in [-0.05, 0) is 60.4 Å². The molecule has 1 N–H and O–H groups in total. The van der Waals surface area contributed by atoms with Crippen molar-refractivity contribution in [1.29, 1.82) is 0 Å². The van der Waals surface area contributed by atoms with E-state index < -0.39 is 28.5 Å². The third-order valence-corrected chi connectivity index (χ3v) is 9.81. The molecule has 236 valence electrons. The number of carbonyl (C=O) groups excluding carboxylic acids is 2. The summed E-state index contributed by atoms with van der Waals surface area (Å²) in [7, 11) is -4.17. The van der Waals surface area contributed by atoms with Gasteiger partial charge in [-0.3, -0.25) is 13.9 Å². The summed E-state index contributed by atoms with van der Waals surface area (Å²) in [4.78, 5) is 29.8. The van der Waals surface area contributed by atoms with Crippen molar-refractivity contribution in [1.82, 2.24) is 10.2 Å². The fourth-order valence-corrected chi connectivity index (χ4v) is 6.94. The standard InChI is InChI=1S/C35H37Cl2N3O4S/c1-3-4-21-38-35(42)33(22-27-14-7-5-8-15-27)39(24-28-19-20-29(36)23-31(28)37)34(41)25-40(32-18-12-11-13-26(32)2)45(43,44)30-16-9-6-10-17-30/h5-20,23,33H,3-4,21-22,24-25H2,1-2H3,(H,38,42). The molecule has 0 aliphatic carbocycles. The van der Waals surface area contributed by atoms with Gasteiger partial charge in [-0.1, -0.05) is 109 Å². The van der Waals surface area contributed by atoms with Crippen LogP contribution in [0.25, 0.3) is 0 Å². The van der Waals surface area contributed by atoms with E-state index in [2.05, 4.69) is 5.32 Å². The van der Waals surface area contributed by atoms with Gasteiger partial charge in [-0.2, -0.15) is 0 Å². The Hall–Kier alpha value is -3.85. The second kappa shape index (κ2) is 15.9. The van der Waals surface area contributed by atoms with Crippen molar-refractivity contribution in [2.75, 3.05) is 17.4 Å². The maximum atomic E-state index is 14.5. The van der Waals surface area contributed by atoms with Gasteiger partial charge in [0.1, 0.15) is 12.6 Å². The number of para-hydroxylation sites is 1. The van der Waals surface area contributed by atoms with Gasteiger partial charge in [-0.15, -0.1) is 0 Å². The number of hydrogen-bond donors (Lipinski definition) is 1. The molecule has 0 fully saturated rings. The molecule has 4 aromatic rings. The average Bonchev–Trinajstić information content (AvgIpc) is 3.03. The minimum Gasteiger partial charge on any atom is -0.354 e. The molecule has 0 heterocycles. The van der Waals surface area contributed by atoms with Crippen molar-refractivity contribution in [2.45, 2.75) is 50.6 Å². The van der Waals surface area contributed by atoms with Crippen molar-refractivity contribution < 1.29 is 18.0 Å². The number of sulfonamides is 1. The van der Waals surface area contributed by atoms with E-state index in [1.54, 1.807) is 67.6 Å². The fourth-order valence-electron chi connectivity index (χ4n) is 4.97. The first kappa shape index (κ1) is 34.0. The van der Waals surface area contributed by atoms with Crippen LogP contribution in [0.4, 0.5) is 5.69 Å². The predicted octanol–water partition coefficient (Wildman–Crippen LogP) is 7.05. The van der Waals surface area contributed by atoms with E-state index in [4.69, 9.17) is 23.2 Å². The molecule has 4 aromatic carbocycles. The number of rotatable bonds is 14. The number of benzene rings is 4. The van der Waals surface area contributed by atoms with E-state index in [0.29, 0.717) is 33.4 Å². The number of nitrogens with zero attached hydrogens (tertiary/aromatic N) is 2. The molecular formula is C35H37Cl2N3O4S. The third kappa shape index (κ3) is 8.87. The zero-order valence-corrected chi connectivity index (χ0v) is 27.7. The molecule has 10 heteroatoms. The van der Waals surface area contributed by atoms with Gasteiger partial charge in [0.15, 0.2) is 0 Å². The summed E-state index contributed by atoms with van der Waals surface area (Å²) in [6, 6.07) is 28.4. The zero-order chi connectivity index (χ0) is 32.4. The summed E-state index contributed by atoms with van der Waals surface area (Å²) in [6.07, 6.45) is 1.87. The van der Waals surface area contributed by atoms with E-state index in [9.17, 15) is 18.0 Å². The Morgan fingerprint density at radius 2 is 1.51 bits per heavy atom.